The topological polar surface area (TPSA) is 20.3 Å². The lowest BCUT2D eigenvalue weighted by Crippen LogP contribution is -2.41. The number of carbonyl (C=O) groups is 1. The molecule has 0 N–H and O–H groups in total. The van der Waals surface area contributed by atoms with E-state index in [4.69, 9.17) is 11.6 Å². The highest BCUT2D eigenvalue weighted by atomic mass is 35.5. The SMILES string of the molecule is CCCN1CCC(=O)C(CCCCCl)C1. The molecule has 1 unspecified atom stereocenters. The molecule has 3 heteroatoms. The van der Waals surface area contributed by atoms with Gasteiger partial charge < -0.3 is 4.90 Å². The Kier molecular flexibility index (Phi) is 6.26. The molecule has 0 bridgehead atoms. The summed E-state index contributed by atoms with van der Waals surface area (Å²) in [6, 6.07) is 0. The zero-order valence-electron chi connectivity index (χ0n) is 9.67. The van der Waals surface area contributed by atoms with E-state index in [-0.39, 0.29) is 5.92 Å². The molecule has 0 spiro atoms. The molecule has 0 aromatic heterocycles. The van der Waals surface area contributed by atoms with Gasteiger partial charge in [-0.3, -0.25) is 4.79 Å². The van der Waals surface area contributed by atoms with Crippen molar-refractivity contribution in [2.45, 2.75) is 39.0 Å². The van der Waals surface area contributed by atoms with Gasteiger partial charge in [0.1, 0.15) is 5.78 Å². The lowest BCUT2D eigenvalue weighted by atomic mass is 9.91. The number of ketones is 1. The van der Waals surface area contributed by atoms with Gasteiger partial charge in [-0.15, -0.1) is 11.6 Å². The van der Waals surface area contributed by atoms with Gasteiger partial charge in [-0.25, -0.2) is 0 Å². The van der Waals surface area contributed by atoms with E-state index in [0.29, 0.717) is 5.78 Å². The third-order valence-electron chi connectivity index (χ3n) is 3.08. The highest BCUT2D eigenvalue weighted by molar-refractivity contribution is 6.17. The lowest BCUT2D eigenvalue weighted by molar-refractivity contribution is -0.126. The molecule has 0 amide bonds. The van der Waals surface area contributed by atoms with Crippen molar-refractivity contribution < 1.29 is 4.79 Å². The van der Waals surface area contributed by atoms with E-state index < -0.39 is 0 Å². The molecule has 88 valence electrons. The van der Waals surface area contributed by atoms with Crippen LogP contribution in [0.2, 0.25) is 0 Å². The monoisotopic (exact) mass is 231 g/mol. The lowest BCUT2D eigenvalue weighted by Gasteiger charge is -2.31. The first kappa shape index (κ1) is 13.0. The Hall–Kier alpha value is -0.0800. The molecule has 0 aliphatic carbocycles. The molecule has 2 nitrogen and oxygen atoms in total. The van der Waals surface area contributed by atoms with Gasteiger partial charge >= 0.3 is 0 Å². The predicted molar refractivity (Wildman–Crippen MR) is 64.4 cm³/mol. The molecule has 1 rings (SSSR count). The molecule has 0 saturated carbocycles. The fraction of sp³-hybridized carbons (Fsp3) is 0.917. The van der Waals surface area contributed by atoms with Gasteiger partial charge in [0.2, 0.25) is 0 Å². The third-order valence-corrected chi connectivity index (χ3v) is 3.35. The van der Waals surface area contributed by atoms with Gasteiger partial charge in [0.25, 0.3) is 0 Å². The maximum atomic E-state index is 11.7. The standard InChI is InChI=1S/C12H22ClNO/c1-2-8-14-9-6-12(15)11(10-14)5-3-4-7-13/h11H,2-10H2,1H3. The van der Waals surface area contributed by atoms with Crippen LogP contribution in [0.1, 0.15) is 39.0 Å². The Morgan fingerprint density at radius 1 is 1.47 bits per heavy atom. The summed E-state index contributed by atoms with van der Waals surface area (Å²) in [5, 5.41) is 0. The molecule has 1 aliphatic rings. The van der Waals surface area contributed by atoms with Crippen molar-refractivity contribution in [3.8, 4) is 0 Å². The third kappa shape index (κ3) is 4.52. The Morgan fingerprint density at radius 2 is 2.27 bits per heavy atom. The predicted octanol–water partition coefficient (Wildman–Crippen LogP) is 2.70. The molecule has 0 aromatic carbocycles. The largest absolute Gasteiger partial charge is 0.302 e. The number of hydrogen-bond donors (Lipinski definition) is 0. The second-order valence-electron chi connectivity index (χ2n) is 4.40. The van der Waals surface area contributed by atoms with E-state index in [1.165, 1.54) is 6.42 Å². The van der Waals surface area contributed by atoms with E-state index in [0.717, 1.165) is 51.2 Å². The maximum Gasteiger partial charge on any atom is 0.138 e. The van der Waals surface area contributed by atoms with E-state index >= 15 is 0 Å². The molecule has 1 aliphatic heterocycles. The first-order valence-electron chi connectivity index (χ1n) is 6.09. The second kappa shape index (κ2) is 7.24. The zero-order chi connectivity index (χ0) is 11.1. The Bertz CT molecular complexity index is 196. The first-order valence-corrected chi connectivity index (χ1v) is 6.62. The Balaban J connectivity index is 2.29. The van der Waals surface area contributed by atoms with Crippen molar-refractivity contribution in [3.63, 3.8) is 0 Å². The van der Waals surface area contributed by atoms with E-state index in [9.17, 15) is 4.79 Å². The van der Waals surface area contributed by atoms with Crippen molar-refractivity contribution in [1.29, 1.82) is 0 Å². The minimum Gasteiger partial charge on any atom is -0.302 e. The minimum atomic E-state index is 0.286. The summed E-state index contributed by atoms with van der Waals surface area (Å²) < 4.78 is 0. The van der Waals surface area contributed by atoms with Crippen molar-refractivity contribution in [1.82, 2.24) is 4.90 Å². The van der Waals surface area contributed by atoms with Gasteiger partial charge in [-0.2, -0.15) is 0 Å². The number of rotatable bonds is 6. The van der Waals surface area contributed by atoms with Crippen LogP contribution in [0.15, 0.2) is 0 Å². The Morgan fingerprint density at radius 3 is 2.93 bits per heavy atom. The number of unbranched alkanes of at least 4 members (excludes halogenated alkanes) is 1. The quantitative estimate of drug-likeness (QED) is 0.518. The van der Waals surface area contributed by atoms with Gasteiger partial charge in [-0.05, 0) is 25.8 Å². The number of Topliss-reactive ketones (excluding diaryl/α,β-unsaturated/α-hetero) is 1. The number of alkyl halides is 1. The summed E-state index contributed by atoms with van der Waals surface area (Å²) >= 11 is 5.64. The van der Waals surface area contributed by atoms with Crippen LogP contribution in [0.25, 0.3) is 0 Å². The maximum absolute atomic E-state index is 11.7. The van der Waals surface area contributed by atoms with Crippen LogP contribution in [0.3, 0.4) is 0 Å². The van der Waals surface area contributed by atoms with Crippen LogP contribution in [-0.4, -0.2) is 36.2 Å². The average molecular weight is 232 g/mol. The summed E-state index contributed by atoms with van der Waals surface area (Å²) in [5.41, 5.74) is 0. The minimum absolute atomic E-state index is 0.286. The summed E-state index contributed by atoms with van der Waals surface area (Å²) in [5.74, 6) is 1.48. The van der Waals surface area contributed by atoms with Crippen LogP contribution in [0, 0.1) is 5.92 Å². The van der Waals surface area contributed by atoms with E-state index in [2.05, 4.69) is 11.8 Å². The number of likely N-dealkylation sites (tertiary alicyclic amines) is 1. The van der Waals surface area contributed by atoms with Crippen LogP contribution >= 0.6 is 11.6 Å². The summed E-state index contributed by atoms with van der Waals surface area (Å²) in [6.07, 6.45) is 5.11. The number of nitrogens with zero attached hydrogens (tertiary/aromatic N) is 1. The molecule has 1 atom stereocenters. The average Bonchev–Trinajstić information content (AvgIpc) is 2.23. The van der Waals surface area contributed by atoms with Crippen LogP contribution in [0.5, 0.6) is 0 Å². The van der Waals surface area contributed by atoms with Crippen LogP contribution in [-0.2, 0) is 4.79 Å². The molecule has 15 heavy (non-hydrogen) atoms. The molecule has 0 aromatic rings. The van der Waals surface area contributed by atoms with Crippen molar-refractivity contribution in [3.05, 3.63) is 0 Å². The molecular weight excluding hydrogens is 210 g/mol. The smallest absolute Gasteiger partial charge is 0.138 e. The van der Waals surface area contributed by atoms with E-state index in [1.807, 2.05) is 0 Å². The molecule has 0 radical (unpaired) electrons. The highest BCUT2D eigenvalue weighted by Crippen LogP contribution is 2.19. The fourth-order valence-electron chi connectivity index (χ4n) is 2.23. The van der Waals surface area contributed by atoms with Crippen LogP contribution < -0.4 is 0 Å². The van der Waals surface area contributed by atoms with Crippen molar-refractivity contribution in [2.75, 3.05) is 25.5 Å². The van der Waals surface area contributed by atoms with Gasteiger partial charge in [0.15, 0.2) is 0 Å². The number of halogens is 1. The molecule has 1 heterocycles. The Labute approximate surface area is 98.0 Å². The zero-order valence-corrected chi connectivity index (χ0v) is 10.4. The summed E-state index contributed by atoms with van der Waals surface area (Å²) in [6.45, 7) is 5.28. The fourth-order valence-corrected chi connectivity index (χ4v) is 2.42. The molecule has 1 fully saturated rings. The van der Waals surface area contributed by atoms with Crippen LogP contribution in [0.4, 0.5) is 0 Å². The van der Waals surface area contributed by atoms with Gasteiger partial charge in [-0.1, -0.05) is 13.3 Å². The summed E-state index contributed by atoms with van der Waals surface area (Å²) in [7, 11) is 0. The van der Waals surface area contributed by atoms with Gasteiger partial charge in [0, 0.05) is 31.3 Å². The number of piperidine rings is 1. The van der Waals surface area contributed by atoms with Gasteiger partial charge in [0.05, 0.1) is 0 Å². The van der Waals surface area contributed by atoms with Crippen molar-refractivity contribution >= 4 is 17.4 Å². The number of carbonyl (C=O) groups excluding carboxylic acids is 1. The highest BCUT2D eigenvalue weighted by Gasteiger charge is 2.25. The normalized spacial score (nSPS) is 23.3. The van der Waals surface area contributed by atoms with E-state index in [1.54, 1.807) is 0 Å². The first-order chi connectivity index (χ1) is 7.27. The summed E-state index contributed by atoms with van der Waals surface area (Å²) in [4.78, 5) is 14.1. The second-order valence-corrected chi connectivity index (χ2v) is 4.78. The van der Waals surface area contributed by atoms with Crippen molar-refractivity contribution in [2.24, 2.45) is 5.92 Å². The molecular formula is C12H22ClNO. The molecule has 1 saturated heterocycles. The number of hydrogen-bond acceptors (Lipinski definition) is 2.